The average molecular weight is 332 g/mol. The van der Waals surface area contributed by atoms with Gasteiger partial charge in [-0.05, 0) is 43.5 Å². The molecule has 120 valence electrons. The third-order valence-corrected chi connectivity index (χ3v) is 4.88. The molecule has 5 nitrogen and oxygen atoms in total. The van der Waals surface area contributed by atoms with Crippen molar-refractivity contribution in [3.63, 3.8) is 0 Å². The minimum Gasteiger partial charge on any atom is -0.342 e. The summed E-state index contributed by atoms with van der Waals surface area (Å²) in [6.45, 7) is 1.69. The number of nitrogens with zero attached hydrogens (tertiary/aromatic N) is 3. The molecule has 6 heteroatoms. The van der Waals surface area contributed by atoms with E-state index in [4.69, 9.17) is 16.9 Å². The highest BCUT2D eigenvalue weighted by atomic mass is 35.5. The van der Waals surface area contributed by atoms with Crippen LogP contribution in [-0.2, 0) is 9.59 Å². The quantitative estimate of drug-likeness (QED) is 0.782. The Morgan fingerprint density at radius 2 is 1.78 bits per heavy atom. The number of halogens is 1. The molecule has 2 aliphatic rings. The lowest BCUT2D eigenvalue weighted by Crippen LogP contribution is -2.44. The number of likely N-dealkylation sites (tertiary alicyclic amines) is 1. The van der Waals surface area contributed by atoms with E-state index >= 15 is 0 Å². The van der Waals surface area contributed by atoms with Gasteiger partial charge in [0, 0.05) is 36.3 Å². The number of hydrogen-bond donors (Lipinski definition) is 0. The van der Waals surface area contributed by atoms with Crippen molar-refractivity contribution in [2.45, 2.75) is 19.3 Å². The maximum absolute atomic E-state index is 12.6. The highest BCUT2D eigenvalue weighted by molar-refractivity contribution is 6.30. The van der Waals surface area contributed by atoms with Gasteiger partial charge in [-0.1, -0.05) is 11.6 Å². The Kier molecular flexibility index (Phi) is 4.53. The largest absolute Gasteiger partial charge is 0.342 e. The molecule has 0 saturated carbocycles. The summed E-state index contributed by atoms with van der Waals surface area (Å²) in [5.74, 6) is -0.796. The normalized spacial score (nSPS) is 22.3. The number of hydrogen-bond acceptors (Lipinski definition) is 3. The van der Waals surface area contributed by atoms with Crippen LogP contribution in [0.1, 0.15) is 19.3 Å². The number of carbonyl (C=O) groups excluding carboxylic acids is 2. The van der Waals surface area contributed by atoms with Crippen molar-refractivity contribution < 1.29 is 9.59 Å². The first kappa shape index (κ1) is 15.8. The second-order valence-corrected chi connectivity index (χ2v) is 6.47. The minimum absolute atomic E-state index is 0.0314. The molecule has 23 heavy (non-hydrogen) atoms. The van der Waals surface area contributed by atoms with Crippen LogP contribution in [0.5, 0.6) is 0 Å². The molecule has 2 heterocycles. The van der Waals surface area contributed by atoms with E-state index in [1.165, 1.54) is 0 Å². The second-order valence-electron chi connectivity index (χ2n) is 6.04. The van der Waals surface area contributed by atoms with E-state index < -0.39 is 5.92 Å². The molecule has 1 aromatic rings. The molecule has 2 aliphatic heterocycles. The Morgan fingerprint density at radius 3 is 2.39 bits per heavy atom. The number of benzene rings is 1. The topological polar surface area (TPSA) is 64.4 Å². The average Bonchev–Trinajstić information content (AvgIpc) is 2.96. The van der Waals surface area contributed by atoms with E-state index in [9.17, 15) is 9.59 Å². The second kappa shape index (κ2) is 6.59. The van der Waals surface area contributed by atoms with Crippen LogP contribution in [0.25, 0.3) is 0 Å². The summed E-state index contributed by atoms with van der Waals surface area (Å²) in [7, 11) is 0. The summed E-state index contributed by atoms with van der Waals surface area (Å²) in [4.78, 5) is 28.6. The fraction of sp³-hybridized carbons (Fsp3) is 0.471. The Bertz CT molecular complexity index is 645. The molecule has 1 unspecified atom stereocenters. The van der Waals surface area contributed by atoms with Crippen molar-refractivity contribution >= 4 is 29.1 Å². The van der Waals surface area contributed by atoms with Gasteiger partial charge in [-0.25, -0.2) is 0 Å². The fourth-order valence-corrected chi connectivity index (χ4v) is 3.36. The lowest BCUT2D eigenvalue weighted by Gasteiger charge is -2.30. The molecule has 0 bridgehead atoms. The van der Waals surface area contributed by atoms with E-state index in [0.717, 1.165) is 5.69 Å². The van der Waals surface area contributed by atoms with E-state index in [0.29, 0.717) is 43.9 Å². The zero-order valence-corrected chi connectivity index (χ0v) is 13.5. The van der Waals surface area contributed by atoms with Gasteiger partial charge in [-0.15, -0.1) is 0 Å². The van der Waals surface area contributed by atoms with Gasteiger partial charge in [0.05, 0.1) is 6.07 Å². The Hall–Kier alpha value is -2.06. The molecule has 3 rings (SSSR count). The summed E-state index contributed by atoms with van der Waals surface area (Å²) >= 11 is 5.87. The first-order valence-electron chi connectivity index (χ1n) is 7.85. The number of carbonyl (C=O) groups is 2. The predicted octanol–water partition coefficient (Wildman–Crippen LogP) is 2.46. The first-order chi connectivity index (χ1) is 11.1. The van der Waals surface area contributed by atoms with Gasteiger partial charge in [-0.3, -0.25) is 9.59 Å². The monoisotopic (exact) mass is 331 g/mol. The molecule has 2 saturated heterocycles. The van der Waals surface area contributed by atoms with Crippen LogP contribution >= 0.6 is 11.6 Å². The van der Waals surface area contributed by atoms with Gasteiger partial charge >= 0.3 is 0 Å². The number of rotatable bonds is 2. The number of piperidine rings is 1. The third kappa shape index (κ3) is 3.18. The van der Waals surface area contributed by atoms with Crippen LogP contribution in [-0.4, -0.2) is 36.3 Å². The molecule has 0 aliphatic carbocycles. The highest BCUT2D eigenvalue weighted by Crippen LogP contribution is 2.28. The van der Waals surface area contributed by atoms with Crippen LogP contribution in [0, 0.1) is 23.2 Å². The van der Waals surface area contributed by atoms with E-state index in [1.807, 2.05) is 0 Å². The summed E-state index contributed by atoms with van der Waals surface area (Å²) in [5, 5.41) is 9.54. The smallest absolute Gasteiger partial charge is 0.239 e. The summed E-state index contributed by atoms with van der Waals surface area (Å²) < 4.78 is 0. The maximum atomic E-state index is 12.6. The summed E-state index contributed by atoms with van der Waals surface area (Å²) in [6, 6.07) is 9.33. The zero-order chi connectivity index (χ0) is 16.4. The molecule has 0 radical (unpaired) electrons. The number of nitriles is 1. The lowest BCUT2D eigenvalue weighted by atomic mass is 9.97. The fourth-order valence-electron chi connectivity index (χ4n) is 3.24. The van der Waals surface area contributed by atoms with Crippen LogP contribution in [0.4, 0.5) is 5.69 Å². The number of amides is 2. The van der Waals surface area contributed by atoms with Crippen LogP contribution in [0.3, 0.4) is 0 Å². The van der Waals surface area contributed by atoms with Crippen molar-refractivity contribution in [2.75, 3.05) is 24.5 Å². The van der Waals surface area contributed by atoms with Gasteiger partial charge in [0.1, 0.15) is 5.92 Å². The van der Waals surface area contributed by atoms with E-state index in [-0.39, 0.29) is 17.7 Å². The van der Waals surface area contributed by atoms with Crippen molar-refractivity contribution in [3.8, 4) is 6.07 Å². The molecule has 2 amide bonds. The summed E-state index contributed by atoms with van der Waals surface area (Å²) in [6.07, 6.45) is 1.94. The standard InChI is InChI=1S/C17H18ClN3O2/c18-13-1-3-14(4-2-13)21-10-7-15(17(21)23)16(22)20-8-5-12(11-19)6-9-20/h1-4,12,15H,5-10H2. The van der Waals surface area contributed by atoms with Crippen LogP contribution in [0.2, 0.25) is 5.02 Å². The van der Waals surface area contributed by atoms with Gasteiger partial charge in [-0.2, -0.15) is 5.26 Å². The zero-order valence-electron chi connectivity index (χ0n) is 12.7. The van der Waals surface area contributed by atoms with Crippen molar-refractivity contribution in [1.82, 2.24) is 4.90 Å². The van der Waals surface area contributed by atoms with E-state index in [1.54, 1.807) is 34.1 Å². The SMILES string of the molecule is N#CC1CCN(C(=O)C2CCN(c3ccc(Cl)cc3)C2=O)CC1. The van der Waals surface area contributed by atoms with E-state index in [2.05, 4.69) is 6.07 Å². The molecule has 1 aromatic carbocycles. The Labute approximate surface area is 140 Å². The summed E-state index contributed by atoms with van der Waals surface area (Å²) in [5.41, 5.74) is 0.776. The van der Waals surface area contributed by atoms with Gasteiger partial charge in [0.25, 0.3) is 0 Å². The van der Waals surface area contributed by atoms with Gasteiger partial charge in [0.2, 0.25) is 11.8 Å². The molecular weight excluding hydrogens is 314 g/mol. The molecule has 0 aromatic heterocycles. The molecular formula is C17H18ClN3O2. The van der Waals surface area contributed by atoms with Crippen molar-refractivity contribution in [1.29, 1.82) is 5.26 Å². The Morgan fingerprint density at radius 1 is 1.13 bits per heavy atom. The van der Waals surface area contributed by atoms with Gasteiger partial charge < -0.3 is 9.80 Å². The lowest BCUT2D eigenvalue weighted by molar-refractivity contribution is -0.140. The third-order valence-electron chi connectivity index (χ3n) is 4.63. The maximum Gasteiger partial charge on any atom is 0.239 e. The van der Waals surface area contributed by atoms with Crippen molar-refractivity contribution in [3.05, 3.63) is 29.3 Å². The van der Waals surface area contributed by atoms with Crippen LogP contribution in [0.15, 0.2) is 24.3 Å². The Balaban J connectivity index is 1.66. The van der Waals surface area contributed by atoms with Crippen molar-refractivity contribution in [2.24, 2.45) is 11.8 Å². The van der Waals surface area contributed by atoms with Crippen LogP contribution < -0.4 is 4.90 Å². The molecule has 0 N–H and O–H groups in total. The predicted molar refractivity (Wildman–Crippen MR) is 86.8 cm³/mol. The molecule has 0 spiro atoms. The highest BCUT2D eigenvalue weighted by Gasteiger charge is 2.40. The first-order valence-corrected chi connectivity index (χ1v) is 8.23. The number of anilines is 1. The molecule has 1 atom stereocenters. The van der Waals surface area contributed by atoms with Gasteiger partial charge in [0.15, 0.2) is 0 Å². The minimum atomic E-state index is -0.593. The molecule has 2 fully saturated rings.